The predicted octanol–water partition coefficient (Wildman–Crippen LogP) is 4.87. The van der Waals surface area contributed by atoms with E-state index in [9.17, 15) is 0 Å². The van der Waals surface area contributed by atoms with Gasteiger partial charge in [-0.05, 0) is 17.7 Å². The highest BCUT2D eigenvalue weighted by Crippen LogP contribution is 2.31. The van der Waals surface area contributed by atoms with Crippen LogP contribution in [0.2, 0.25) is 10.0 Å². The van der Waals surface area contributed by atoms with Gasteiger partial charge in [-0.25, -0.2) is 15.0 Å². The van der Waals surface area contributed by atoms with Crippen LogP contribution < -0.4 is 5.73 Å². The second kappa shape index (κ2) is 7.18. The second-order valence-electron chi connectivity index (χ2n) is 6.34. The van der Waals surface area contributed by atoms with Crippen molar-refractivity contribution in [3.8, 4) is 11.5 Å². The van der Waals surface area contributed by atoms with E-state index in [-0.39, 0.29) is 5.92 Å². The van der Waals surface area contributed by atoms with Crippen LogP contribution in [0.25, 0.3) is 11.5 Å². The summed E-state index contributed by atoms with van der Waals surface area (Å²) < 4.78 is 1.87. The van der Waals surface area contributed by atoms with Gasteiger partial charge >= 0.3 is 0 Å². The van der Waals surface area contributed by atoms with E-state index in [1.54, 1.807) is 6.33 Å². The number of nitrogens with two attached hydrogens (primary N) is 1. The number of fused-ring (bicyclic) bond motifs is 1. The average molecular weight is 398 g/mol. The molecule has 2 heterocycles. The number of anilines is 1. The van der Waals surface area contributed by atoms with E-state index in [0.717, 1.165) is 11.1 Å². The summed E-state index contributed by atoms with van der Waals surface area (Å²) in [5.41, 5.74) is 8.58. The van der Waals surface area contributed by atoms with Gasteiger partial charge in [0.1, 0.15) is 5.82 Å². The zero-order valence-corrected chi connectivity index (χ0v) is 16.1. The van der Waals surface area contributed by atoms with E-state index in [2.05, 4.69) is 29.0 Å². The lowest BCUT2D eigenvalue weighted by Crippen LogP contribution is -2.09. The van der Waals surface area contributed by atoms with Crippen molar-refractivity contribution in [2.75, 3.05) is 5.73 Å². The Hall–Kier alpha value is -2.63. The normalized spacial score (nSPS) is 12.4. The maximum Gasteiger partial charge on any atom is 0.166 e. The van der Waals surface area contributed by atoms with Crippen molar-refractivity contribution in [2.24, 2.45) is 0 Å². The van der Waals surface area contributed by atoms with Gasteiger partial charge in [0, 0.05) is 21.5 Å². The van der Waals surface area contributed by atoms with Gasteiger partial charge in [0.15, 0.2) is 17.3 Å². The molecule has 5 nitrogen and oxygen atoms in total. The highest BCUT2D eigenvalue weighted by molar-refractivity contribution is 6.35. The van der Waals surface area contributed by atoms with E-state index in [1.165, 1.54) is 0 Å². The molecule has 0 aromatic heterocycles. The molecule has 0 amide bonds. The summed E-state index contributed by atoms with van der Waals surface area (Å²) in [5, 5.41) is 1.19. The average Bonchev–Trinajstić information content (AvgIpc) is 3.13. The Balaban J connectivity index is 1.78. The fourth-order valence-corrected chi connectivity index (χ4v) is 3.54. The molecule has 0 saturated carbocycles. The van der Waals surface area contributed by atoms with Crippen LogP contribution in [-0.4, -0.2) is 19.5 Å². The van der Waals surface area contributed by atoms with Crippen LogP contribution in [0.3, 0.4) is 0 Å². The van der Waals surface area contributed by atoms with Crippen LogP contribution in [0, 0.1) is 0 Å². The molecule has 7 heteroatoms. The maximum absolute atomic E-state index is 6.32. The molecule has 2 aromatic carbocycles. The van der Waals surface area contributed by atoms with E-state index in [0.29, 0.717) is 39.8 Å². The first-order chi connectivity index (χ1) is 13.0. The molecule has 0 fully saturated rings. The van der Waals surface area contributed by atoms with Gasteiger partial charge in [-0.2, -0.15) is 0 Å². The van der Waals surface area contributed by atoms with Crippen molar-refractivity contribution in [1.29, 1.82) is 0 Å². The fraction of sp³-hybridized carbons (Fsp3) is 0.150. The van der Waals surface area contributed by atoms with Gasteiger partial charge in [0.25, 0.3) is 0 Å². The molecule has 0 saturated heterocycles. The largest absolute Gasteiger partial charge is 0.382 e. The van der Waals surface area contributed by atoms with Crippen LogP contribution >= 0.6 is 23.2 Å². The van der Waals surface area contributed by atoms with E-state index in [1.807, 2.05) is 41.0 Å². The molecule has 0 aliphatic carbocycles. The van der Waals surface area contributed by atoms with Crippen LogP contribution in [-0.2, 0) is 6.54 Å². The number of nitrogens with zero attached hydrogens (tertiary/aromatic N) is 4. The Morgan fingerprint density at radius 2 is 1.70 bits per heavy atom. The quantitative estimate of drug-likeness (QED) is 0.533. The van der Waals surface area contributed by atoms with Crippen LogP contribution in [0.4, 0.5) is 5.82 Å². The van der Waals surface area contributed by atoms with E-state index >= 15 is 0 Å². The molecule has 0 radical (unpaired) electrons. The molecule has 2 aromatic rings. The number of halogens is 2. The predicted molar refractivity (Wildman–Crippen MR) is 108 cm³/mol. The molecule has 0 spiro atoms. The minimum absolute atomic E-state index is 0.0374. The lowest BCUT2D eigenvalue weighted by atomic mass is 10.0. The third-order valence-electron chi connectivity index (χ3n) is 4.59. The maximum atomic E-state index is 6.32. The smallest absolute Gasteiger partial charge is 0.166 e. The topological polar surface area (TPSA) is 69.6 Å². The summed E-state index contributed by atoms with van der Waals surface area (Å²) in [5.74, 6) is 1.76. The molecule has 2 N–H and O–H groups in total. The summed E-state index contributed by atoms with van der Waals surface area (Å²) in [4.78, 5) is 13.7. The molecule has 1 unspecified atom stereocenters. The van der Waals surface area contributed by atoms with Crippen molar-refractivity contribution in [2.45, 2.75) is 19.4 Å². The van der Waals surface area contributed by atoms with Crippen molar-refractivity contribution in [3.05, 3.63) is 81.9 Å². The number of nitrogen functional groups attached to an aromatic ring is 1. The third kappa shape index (κ3) is 3.36. The zero-order chi connectivity index (χ0) is 19.0. The fourth-order valence-electron chi connectivity index (χ4n) is 3.02. The number of hydrogen-bond acceptors (Lipinski definition) is 4. The Bertz CT molecular complexity index is 1040. The summed E-state index contributed by atoms with van der Waals surface area (Å²) in [6.07, 6.45) is 1.64. The SMILES string of the molecule is CC(c1ccccc1)c1nc2c(N)ncn(Cc3c(Cl)cccc3Cl)c-2n1. The molecular formula is C20H17Cl2N5. The third-order valence-corrected chi connectivity index (χ3v) is 5.29. The highest BCUT2D eigenvalue weighted by Gasteiger charge is 2.23. The van der Waals surface area contributed by atoms with E-state index in [4.69, 9.17) is 33.9 Å². The number of imidazole rings is 1. The minimum Gasteiger partial charge on any atom is -0.382 e. The zero-order valence-electron chi connectivity index (χ0n) is 14.6. The van der Waals surface area contributed by atoms with Crippen LogP contribution in [0.1, 0.15) is 29.8 Å². The summed E-state index contributed by atoms with van der Waals surface area (Å²) in [6.45, 7) is 2.50. The molecule has 2 aliphatic rings. The molecular weight excluding hydrogens is 381 g/mol. The van der Waals surface area contributed by atoms with Gasteiger partial charge in [-0.15, -0.1) is 0 Å². The van der Waals surface area contributed by atoms with Crippen molar-refractivity contribution in [3.63, 3.8) is 0 Å². The number of rotatable bonds is 4. The molecule has 1 atom stereocenters. The number of hydrogen-bond donors (Lipinski definition) is 1. The van der Waals surface area contributed by atoms with E-state index < -0.39 is 0 Å². The van der Waals surface area contributed by atoms with Gasteiger partial charge in [0.2, 0.25) is 0 Å². The first-order valence-corrected chi connectivity index (χ1v) is 9.26. The van der Waals surface area contributed by atoms with Gasteiger partial charge < -0.3 is 10.3 Å². The Morgan fingerprint density at radius 3 is 2.41 bits per heavy atom. The highest BCUT2D eigenvalue weighted by atomic mass is 35.5. The monoisotopic (exact) mass is 397 g/mol. The van der Waals surface area contributed by atoms with Gasteiger partial charge in [-0.1, -0.05) is 66.5 Å². The molecule has 136 valence electrons. The Kier molecular flexibility index (Phi) is 4.72. The van der Waals surface area contributed by atoms with Gasteiger partial charge in [-0.3, -0.25) is 0 Å². The van der Waals surface area contributed by atoms with Gasteiger partial charge in [0.05, 0.1) is 12.9 Å². The molecule has 0 bridgehead atoms. The van der Waals surface area contributed by atoms with Crippen molar-refractivity contribution in [1.82, 2.24) is 19.5 Å². The Morgan fingerprint density at radius 1 is 1.00 bits per heavy atom. The summed E-state index contributed by atoms with van der Waals surface area (Å²) in [7, 11) is 0. The molecule has 2 aliphatic heterocycles. The van der Waals surface area contributed by atoms with Crippen LogP contribution in [0.5, 0.6) is 0 Å². The lowest BCUT2D eigenvalue weighted by Gasteiger charge is -2.13. The molecule has 27 heavy (non-hydrogen) atoms. The summed E-state index contributed by atoms with van der Waals surface area (Å²) in [6, 6.07) is 15.6. The van der Waals surface area contributed by atoms with Crippen molar-refractivity contribution >= 4 is 29.0 Å². The Labute approximate surface area is 167 Å². The second-order valence-corrected chi connectivity index (χ2v) is 7.16. The van der Waals surface area contributed by atoms with Crippen molar-refractivity contribution < 1.29 is 0 Å². The number of benzene rings is 2. The van der Waals surface area contributed by atoms with Crippen LogP contribution in [0.15, 0.2) is 54.9 Å². The first-order valence-electron chi connectivity index (χ1n) is 8.50. The summed E-state index contributed by atoms with van der Waals surface area (Å²) >= 11 is 12.6. The molecule has 4 rings (SSSR count). The minimum atomic E-state index is 0.0374. The standard InChI is InChI=1S/C20H17Cl2N5/c1-12(13-6-3-2-4-7-13)19-25-17-18(23)24-11-27(20(17)26-19)10-14-15(21)8-5-9-16(14)22/h2-9,11-12H,10,23H2,1H3. The lowest BCUT2D eigenvalue weighted by molar-refractivity contribution is 0.758. The number of aromatic nitrogens is 4. The first kappa shape index (κ1) is 17.8.